The molecule has 1 rings (SSSR count). The van der Waals surface area contributed by atoms with Gasteiger partial charge in [-0.1, -0.05) is 0 Å². The van der Waals surface area contributed by atoms with Crippen LogP contribution in [0.3, 0.4) is 0 Å². The third-order valence-electron chi connectivity index (χ3n) is 2.48. The van der Waals surface area contributed by atoms with Crippen molar-refractivity contribution in [3.05, 3.63) is 0 Å². The highest BCUT2D eigenvalue weighted by atomic mass is 16.5. The Morgan fingerprint density at radius 1 is 1.40 bits per heavy atom. The van der Waals surface area contributed by atoms with Crippen LogP contribution >= 0.6 is 0 Å². The lowest BCUT2D eigenvalue weighted by atomic mass is 9.70. The highest BCUT2D eigenvalue weighted by Gasteiger charge is 2.50. The molecule has 5 nitrogen and oxygen atoms in total. The Morgan fingerprint density at radius 3 is 2.27 bits per heavy atom. The number of primary amides is 1. The van der Waals surface area contributed by atoms with E-state index in [4.69, 9.17) is 15.6 Å². The first-order chi connectivity index (χ1) is 6.72. The number of hydrogen-bond donors (Lipinski definition) is 2. The van der Waals surface area contributed by atoms with Crippen molar-refractivity contribution in [2.45, 2.75) is 38.9 Å². The van der Waals surface area contributed by atoms with Gasteiger partial charge in [0.25, 0.3) is 0 Å². The molecule has 0 aromatic rings. The fourth-order valence-electron chi connectivity index (χ4n) is 1.81. The molecule has 1 fully saturated rings. The van der Waals surface area contributed by atoms with Crippen LogP contribution in [-0.2, 0) is 14.3 Å². The van der Waals surface area contributed by atoms with Crippen LogP contribution in [0.2, 0.25) is 0 Å². The first kappa shape index (κ1) is 12.0. The molecule has 86 valence electrons. The molecule has 0 saturated heterocycles. The predicted molar refractivity (Wildman–Crippen MR) is 53.1 cm³/mol. The van der Waals surface area contributed by atoms with E-state index in [-0.39, 0.29) is 0 Å². The minimum absolute atomic E-state index is 0.402. The SMILES string of the molecule is CC(C)(C)O[C@@H]1C[C@H](C(N)=O)[C@@H]1C(=O)O. The lowest BCUT2D eigenvalue weighted by Crippen LogP contribution is -2.54. The quantitative estimate of drug-likeness (QED) is 0.712. The van der Waals surface area contributed by atoms with Crippen LogP contribution in [0, 0.1) is 11.8 Å². The summed E-state index contributed by atoms with van der Waals surface area (Å²) in [5, 5.41) is 8.93. The van der Waals surface area contributed by atoms with Crippen molar-refractivity contribution in [1.29, 1.82) is 0 Å². The molecule has 0 radical (unpaired) electrons. The van der Waals surface area contributed by atoms with Gasteiger partial charge in [0.1, 0.15) is 0 Å². The number of rotatable bonds is 3. The van der Waals surface area contributed by atoms with Gasteiger partial charge in [-0.3, -0.25) is 9.59 Å². The number of carbonyl (C=O) groups is 2. The molecule has 1 aliphatic rings. The second-order valence-electron chi connectivity index (χ2n) is 4.88. The van der Waals surface area contributed by atoms with Crippen molar-refractivity contribution < 1.29 is 19.4 Å². The molecule has 5 heteroatoms. The molecule has 1 aliphatic carbocycles. The number of nitrogens with two attached hydrogens (primary N) is 1. The van der Waals surface area contributed by atoms with Crippen LogP contribution in [0.5, 0.6) is 0 Å². The van der Waals surface area contributed by atoms with Crippen LogP contribution in [0.15, 0.2) is 0 Å². The summed E-state index contributed by atoms with van der Waals surface area (Å²) in [5.74, 6) is -2.95. The van der Waals surface area contributed by atoms with Gasteiger partial charge in [0.15, 0.2) is 0 Å². The molecule has 15 heavy (non-hydrogen) atoms. The highest BCUT2D eigenvalue weighted by molar-refractivity contribution is 5.85. The van der Waals surface area contributed by atoms with Gasteiger partial charge < -0.3 is 15.6 Å². The Bertz CT molecular complexity index is 282. The molecule has 0 unspecified atom stereocenters. The third kappa shape index (κ3) is 2.68. The summed E-state index contributed by atoms with van der Waals surface area (Å²) in [6.45, 7) is 5.55. The Labute approximate surface area is 88.6 Å². The van der Waals surface area contributed by atoms with Crippen molar-refractivity contribution in [3.63, 3.8) is 0 Å². The standard InChI is InChI=1S/C10H17NO4/c1-10(2,3)15-6-4-5(8(11)12)7(6)9(13)14/h5-7H,4H2,1-3H3,(H2,11,12)(H,13,14)/t5-,6+,7-/m0/s1. The van der Waals surface area contributed by atoms with Crippen LogP contribution in [0.25, 0.3) is 0 Å². The Kier molecular flexibility index (Phi) is 3.04. The number of carboxylic acids is 1. The summed E-state index contributed by atoms with van der Waals surface area (Å²) in [6.07, 6.45) is 0.00354. The van der Waals surface area contributed by atoms with Crippen LogP contribution in [0.4, 0.5) is 0 Å². The van der Waals surface area contributed by atoms with Crippen molar-refractivity contribution in [2.75, 3.05) is 0 Å². The van der Waals surface area contributed by atoms with Crippen LogP contribution in [-0.4, -0.2) is 28.7 Å². The lowest BCUT2D eigenvalue weighted by Gasteiger charge is -2.42. The highest BCUT2D eigenvalue weighted by Crippen LogP contribution is 2.39. The van der Waals surface area contributed by atoms with Gasteiger partial charge in [-0.25, -0.2) is 0 Å². The first-order valence-electron chi connectivity index (χ1n) is 4.92. The van der Waals surface area contributed by atoms with E-state index >= 15 is 0 Å². The molecule has 1 saturated carbocycles. The summed E-state index contributed by atoms with van der Waals surface area (Å²) < 4.78 is 5.54. The normalized spacial score (nSPS) is 30.7. The Morgan fingerprint density at radius 2 is 1.93 bits per heavy atom. The number of amides is 1. The minimum atomic E-state index is -1.01. The van der Waals surface area contributed by atoms with E-state index in [1.807, 2.05) is 20.8 Å². The van der Waals surface area contributed by atoms with Gasteiger partial charge in [-0.15, -0.1) is 0 Å². The molecule has 1 amide bonds. The largest absolute Gasteiger partial charge is 0.481 e. The molecule has 0 heterocycles. The summed E-state index contributed by atoms with van der Waals surface area (Å²) in [7, 11) is 0. The van der Waals surface area contributed by atoms with Crippen molar-refractivity contribution in [1.82, 2.24) is 0 Å². The molecule has 0 aromatic carbocycles. The van der Waals surface area contributed by atoms with Gasteiger partial charge in [0.05, 0.1) is 23.5 Å². The van der Waals surface area contributed by atoms with Crippen molar-refractivity contribution in [2.24, 2.45) is 17.6 Å². The smallest absolute Gasteiger partial charge is 0.309 e. The molecule has 0 spiro atoms. The summed E-state index contributed by atoms with van der Waals surface area (Å²) in [5.41, 5.74) is 4.69. The molecule has 3 atom stereocenters. The molecule has 0 bridgehead atoms. The topological polar surface area (TPSA) is 89.6 Å². The van der Waals surface area contributed by atoms with Gasteiger partial charge >= 0.3 is 5.97 Å². The van der Waals surface area contributed by atoms with E-state index in [1.165, 1.54) is 0 Å². The van der Waals surface area contributed by atoms with Crippen LogP contribution in [0.1, 0.15) is 27.2 Å². The zero-order valence-electron chi connectivity index (χ0n) is 9.19. The second kappa shape index (κ2) is 3.81. The van der Waals surface area contributed by atoms with E-state index in [9.17, 15) is 9.59 Å². The van der Waals surface area contributed by atoms with Gasteiger partial charge in [0.2, 0.25) is 5.91 Å². The zero-order chi connectivity index (χ0) is 11.8. The molecule has 0 aromatic heterocycles. The fourth-order valence-corrected chi connectivity index (χ4v) is 1.81. The zero-order valence-corrected chi connectivity index (χ0v) is 9.19. The summed E-state index contributed by atoms with van der Waals surface area (Å²) in [6, 6.07) is 0. The number of carboxylic acid groups (broad SMARTS) is 1. The van der Waals surface area contributed by atoms with E-state index in [0.717, 1.165) is 0 Å². The monoisotopic (exact) mass is 215 g/mol. The minimum Gasteiger partial charge on any atom is -0.481 e. The van der Waals surface area contributed by atoms with E-state index in [1.54, 1.807) is 0 Å². The molecule has 3 N–H and O–H groups in total. The average Bonchev–Trinajstić information content (AvgIpc) is 1.92. The molecular formula is C10H17NO4. The first-order valence-corrected chi connectivity index (χ1v) is 4.92. The van der Waals surface area contributed by atoms with Gasteiger partial charge in [0, 0.05) is 0 Å². The summed E-state index contributed by atoms with van der Waals surface area (Å²) >= 11 is 0. The molecule has 0 aliphatic heterocycles. The van der Waals surface area contributed by atoms with Crippen molar-refractivity contribution >= 4 is 11.9 Å². The average molecular weight is 215 g/mol. The molecular weight excluding hydrogens is 198 g/mol. The number of aliphatic carboxylic acids is 1. The maximum absolute atomic E-state index is 10.9. The Hall–Kier alpha value is -1.10. The van der Waals surface area contributed by atoms with Gasteiger partial charge in [-0.2, -0.15) is 0 Å². The summed E-state index contributed by atoms with van der Waals surface area (Å²) in [4.78, 5) is 21.8. The van der Waals surface area contributed by atoms with Crippen LogP contribution < -0.4 is 5.73 Å². The van der Waals surface area contributed by atoms with Gasteiger partial charge in [-0.05, 0) is 27.2 Å². The predicted octanol–water partition coefficient (Wildman–Crippen LogP) is 0.376. The second-order valence-corrected chi connectivity index (χ2v) is 4.88. The maximum atomic E-state index is 10.9. The Balaban J connectivity index is 2.64. The number of carbonyl (C=O) groups excluding carboxylic acids is 1. The van der Waals surface area contributed by atoms with E-state index in [0.29, 0.717) is 6.42 Å². The fraction of sp³-hybridized carbons (Fsp3) is 0.800. The van der Waals surface area contributed by atoms with E-state index < -0.39 is 35.4 Å². The number of ether oxygens (including phenoxy) is 1. The van der Waals surface area contributed by atoms with Crippen molar-refractivity contribution in [3.8, 4) is 0 Å². The number of hydrogen-bond acceptors (Lipinski definition) is 3. The lowest BCUT2D eigenvalue weighted by molar-refractivity contribution is -0.184. The maximum Gasteiger partial charge on any atom is 0.309 e. The third-order valence-corrected chi connectivity index (χ3v) is 2.48. The van der Waals surface area contributed by atoms with E-state index in [2.05, 4.69) is 0 Å².